The molecule has 2 aromatic carbocycles. The molecular formula is C32H39FN8O5. The van der Waals surface area contributed by atoms with E-state index in [0.717, 1.165) is 75.2 Å². The molecule has 14 heteroatoms. The zero-order valence-corrected chi connectivity index (χ0v) is 26.2. The van der Waals surface area contributed by atoms with Crippen molar-refractivity contribution in [2.24, 2.45) is 13.0 Å². The molecule has 4 fully saturated rings. The molecule has 0 radical (unpaired) electrons. The van der Waals surface area contributed by atoms with Gasteiger partial charge in [-0.25, -0.2) is 9.18 Å². The molecule has 0 bridgehead atoms. The Balaban J connectivity index is 0.968. The summed E-state index contributed by atoms with van der Waals surface area (Å²) in [5.41, 5.74) is 3.44. The van der Waals surface area contributed by atoms with Gasteiger partial charge in [-0.3, -0.25) is 34.7 Å². The van der Waals surface area contributed by atoms with Crippen LogP contribution in [-0.2, 0) is 11.8 Å². The standard InChI is InChI=1S/C32H39FN8O5/c1-36-25-17-27(24(33)15-23(25)31(35-36)40-10-7-30(42)34-32(40)43)39-13-11-37(12-14-39)19-20-5-8-38(9-6-20)26-18-29(46-2)28(41(44)45)16-22(26)21-3-4-21/h15-18,20-21H,3-14,19H2,1-2H3,(H,34,42,43). The highest BCUT2D eigenvalue weighted by atomic mass is 19.1. The van der Waals surface area contributed by atoms with Gasteiger partial charge in [-0.1, -0.05) is 0 Å². The van der Waals surface area contributed by atoms with Gasteiger partial charge in [-0.15, -0.1) is 0 Å². The number of anilines is 3. The number of benzene rings is 2. The van der Waals surface area contributed by atoms with Gasteiger partial charge in [-0.05, 0) is 55.2 Å². The first kappa shape index (κ1) is 30.2. The van der Waals surface area contributed by atoms with Crippen LogP contribution in [0.15, 0.2) is 24.3 Å². The summed E-state index contributed by atoms with van der Waals surface area (Å²) >= 11 is 0. The molecule has 13 nitrogen and oxygen atoms in total. The number of carbonyl (C=O) groups is 2. The Labute approximate surface area is 266 Å². The number of hydrogen-bond donors (Lipinski definition) is 1. The van der Waals surface area contributed by atoms with Crippen molar-refractivity contribution in [3.05, 3.63) is 45.8 Å². The summed E-state index contributed by atoms with van der Waals surface area (Å²) in [5.74, 6) is 0.920. The average molecular weight is 635 g/mol. The molecule has 0 unspecified atom stereocenters. The summed E-state index contributed by atoms with van der Waals surface area (Å²) in [7, 11) is 3.26. The lowest BCUT2D eigenvalue weighted by Gasteiger charge is -2.40. The molecule has 3 aliphatic heterocycles. The summed E-state index contributed by atoms with van der Waals surface area (Å²) in [6, 6.07) is 6.30. The number of nitrogens with zero attached hydrogens (tertiary/aromatic N) is 7. The molecule has 3 saturated heterocycles. The van der Waals surface area contributed by atoms with Crippen molar-refractivity contribution in [2.75, 3.05) is 74.2 Å². The van der Waals surface area contributed by atoms with E-state index in [4.69, 9.17) is 4.74 Å². The molecule has 1 aromatic heterocycles. The summed E-state index contributed by atoms with van der Waals surface area (Å²) in [6.07, 6.45) is 4.40. The first-order valence-electron chi connectivity index (χ1n) is 16.1. The number of urea groups is 1. The minimum absolute atomic E-state index is 0.0392. The van der Waals surface area contributed by atoms with E-state index in [1.807, 2.05) is 12.1 Å². The number of aryl methyl sites for hydroxylation is 1. The number of nitrogens with one attached hydrogen (secondary N) is 1. The predicted octanol–water partition coefficient (Wildman–Crippen LogP) is 3.99. The number of hydrogen-bond acceptors (Lipinski definition) is 9. The maximum atomic E-state index is 15.5. The van der Waals surface area contributed by atoms with E-state index in [1.54, 1.807) is 17.8 Å². The first-order valence-corrected chi connectivity index (χ1v) is 16.1. The van der Waals surface area contributed by atoms with E-state index >= 15 is 4.39 Å². The highest BCUT2D eigenvalue weighted by Crippen LogP contribution is 2.48. The molecule has 4 aliphatic rings. The van der Waals surface area contributed by atoms with E-state index in [0.29, 0.717) is 47.6 Å². The summed E-state index contributed by atoms with van der Waals surface area (Å²) < 4.78 is 22.6. The van der Waals surface area contributed by atoms with Gasteiger partial charge >= 0.3 is 11.7 Å². The fourth-order valence-electron chi connectivity index (χ4n) is 7.22. The van der Waals surface area contributed by atoms with Gasteiger partial charge in [0.15, 0.2) is 11.6 Å². The minimum Gasteiger partial charge on any atom is -0.490 e. The van der Waals surface area contributed by atoms with Crippen molar-refractivity contribution in [1.82, 2.24) is 20.0 Å². The maximum Gasteiger partial charge on any atom is 0.329 e. The van der Waals surface area contributed by atoms with Crippen LogP contribution in [0.4, 0.5) is 32.1 Å². The average Bonchev–Trinajstić information content (AvgIpc) is 3.85. The number of ether oxygens (including phenoxy) is 1. The van der Waals surface area contributed by atoms with Crippen LogP contribution in [0.3, 0.4) is 0 Å². The molecule has 1 saturated carbocycles. The van der Waals surface area contributed by atoms with Crippen LogP contribution in [0.25, 0.3) is 10.9 Å². The van der Waals surface area contributed by atoms with E-state index in [-0.39, 0.29) is 35.3 Å². The maximum absolute atomic E-state index is 15.5. The Morgan fingerprint density at radius 2 is 1.70 bits per heavy atom. The quantitative estimate of drug-likeness (QED) is 0.289. The second kappa shape index (κ2) is 12.0. The fraction of sp³-hybridized carbons (Fsp3) is 0.531. The van der Waals surface area contributed by atoms with Crippen molar-refractivity contribution in [3.8, 4) is 5.75 Å². The third-order valence-corrected chi connectivity index (χ3v) is 9.94. The summed E-state index contributed by atoms with van der Waals surface area (Å²) in [5, 5.41) is 18.9. The second-order valence-electron chi connectivity index (χ2n) is 12.9. The highest BCUT2D eigenvalue weighted by Gasteiger charge is 2.34. The Morgan fingerprint density at radius 1 is 0.978 bits per heavy atom. The molecule has 244 valence electrons. The van der Waals surface area contributed by atoms with Gasteiger partial charge in [0.25, 0.3) is 0 Å². The molecule has 3 aromatic rings. The Bertz CT molecular complexity index is 1690. The number of nitro groups is 1. The summed E-state index contributed by atoms with van der Waals surface area (Å²) in [6.45, 7) is 6.08. The molecule has 1 aliphatic carbocycles. The van der Waals surface area contributed by atoms with Crippen LogP contribution in [0.2, 0.25) is 0 Å². The number of piperazine rings is 1. The lowest BCUT2D eigenvalue weighted by atomic mass is 9.94. The number of nitro benzene ring substituents is 1. The number of carbonyl (C=O) groups excluding carboxylic acids is 2. The lowest BCUT2D eigenvalue weighted by Crippen LogP contribution is -2.49. The van der Waals surface area contributed by atoms with Gasteiger partial charge in [0.2, 0.25) is 5.91 Å². The van der Waals surface area contributed by atoms with Crippen molar-refractivity contribution in [2.45, 2.75) is 38.0 Å². The zero-order chi connectivity index (χ0) is 32.1. The number of imide groups is 1. The van der Waals surface area contributed by atoms with Gasteiger partial charge in [0, 0.05) is 89.0 Å². The third-order valence-electron chi connectivity index (χ3n) is 9.94. The van der Waals surface area contributed by atoms with Crippen molar-refractivity contribution in [3.63, 3.8) is 0 Å². The van der Waals surface area contributed by atoms with Gasteiger partial charge in [0.05, 0.1) is 23.2 Å². The SMILES string of the molecule is COc1cc(N2CCC(CN3CCN(c4cc5c(cc4F)c(N4CCC(=O)NC4=O)nn5C)CC3)CC2)c(C2CC2)cc1[N+](=O)[O-]. The number of fused-ring (bicyclic) bond motifs is 1. The van der Waals surface area contributed by atoms with Gasteiger partial charge < -0.3 is 14.5 Å². The number of rotatable bonds is 8. The summed E-state index contributed by atoms with van der Waals surface area (Å²) in [4.78, 5) is 43.6. The monoisotopic (exact) mass is 634 g/mol. The normalized spacial score (nSPS) is 20.0. The Morgan fingerprint density at radius 3 is 2.35 bits per heavy atom. The molecule has 0 spiro atoms. The van der Waals surface area contributed by atoms with Crippen LogP contribution in [0, 0.1) is 21.8 Å². The first-order chi connectivity index (χ1) is 22.2. The van der Waals surface area contributed by atoms with Gasteiger partial charge in [-0.2, -0.15) is 5.10 Å². The van der Waals surface area contributed by atoms with Crippen molar-refractivity contribution in [1.29, 1.82) is 0 Å². The lowest BCUT2D eigenvalue weighted by molar-refractivity contribution is -0.385. The van der Waals surface area contributed by atoms with Crippen LogP contribution < -0.4 is 24.8 Å². The molecule has 46 heavy (non-hydrogen) atoms. The van der Waals surface area contributed by atoms with Crippen molar-refractivity contribution < 1.29 is 23.6 Å². The van der Waals surface area contributed by atoms with Crippen LogP contribution >= 0.6 is 0 Å². The van der Waals surface area contributed by atoms with E-state index in [9.17, 15) is 19.7 Å². The molecule has 1 N–H and O–H groups in total. The van der Waals surface area contributed by atoms with Gasteiger partial charge in [0.1, 0.15) is 5.82 Å². The molecule has 3 amide bonds. The topological polar surface area (TPSA) is 129 Å². The number of methoxy groups -OCH3 is 1. The smallest absolute Gasteiger partial charge is 0.329 e. The van der Waals surface area contributed by atoms with E-state index in [1.165, 1.54) is 18.1 Å². The van der Waals surface area contributed by atoms with Crippen LogP contribution in [0.1, 0.15) is 43.6 Å². The molecule has 4 heterocycles. The Hall–Kier alpha value is -4.46. The molecule has 7 rings (SSSR count). The predicted molar refractivity (Wildman–Crippen MR) is 171 cm³/mol. The van der Waals surface area contributed by atoms with Crippen LogP contribution in [0.5, 0.6) is 5.75 Å². The number of halogens is 1. The van der Waals surface area contributed by atoms with E-state index < -0.39 is 6.03 Å². The number of amides is 3. The minimum atomic E-state index is -0.544. The second-order valence-corrected chi connectivity index (χ2v) is 12.9. The zero-order valence-electron chi connectivity index (χ0n) is 26.2. The Kier molecular flexibility index (Phi) is 7.91. The molecule has 0 atom stereocenters. The van der Waals surface area contributed by atoms with Crippen LogP contribution in [-0.4, -0.2) is 91.0 Å². The fourth-order valence-corrected chi connectivity index (χ4v) is 7.22. The largest absolute Gasteiger partial charge is 0.490 e. The number of aromatic nitrogens is 2. The highest BCUT2D eigenvalue weighted by molar-refractivity contribution is 6.09. The molecular weight excluding hydrogens is 595 g/mol. The van der Waals surface area contributed by atoms with Crippen molar-refractivity contribution >= 4 is 45.7 Å². The number of piperidine rings is 1. The van der Waals surface area contributed by atoms with E-state index in [2.05, 4.69) is 25.1 Å². The third kappa shape index (κ3) is 5.70.